The number of nitro groups is 1. The van der Waals surface area contributed by atoms with E-state index in [0.29, 0.717) is 5.02 Å². The minimum atomic E-state index is -4.09. The highest BCUT2D eigenvalue weighted by Gasteiger charge is 2.21. The van der Waals surface area contributed by atoms with E-state index in [0.717, 1.165) is 12.1 Å². The van der Waals surface area contributed by atoms with Gasteiger partial charge in [-0.15, -0.1) is 0 Å². The first-order valence-electron chi connectivity index (χ1n) is 8.53. The molecule has 0 aliphatic carbocycles. The summed E-state index contributed by atoms with van der Waals surface area (Å²) in [5.41, 5.74) is 2.35. The molecule has 3 rings (SSSR count). The Morgan fingerprint density at radius 3 is 2.39 bits per heavy atom. The maximum absolute atomic E-state index is 12.6. The Kier molecular flexibility index (Phi) is 6.28. The number of nitro benzene ring substituents is 1. The molecule has 10 nitrogen and oxygen atoms in total. The van der Waals surface area contributed by atoms with Crippen LogP contribution >= 0.6 is 11.6 Å². The minimum Gasteiger partial charge on any atom is -0.508 e. The van der Waals surface area contributed by atoms with Crippen molar-refractivity contribution in [2.75, 3.05) is 10.1 Å². The molecule has 12 heteroatoms. The fraction of sp³-hybridized carbons (Fsp3) is 0. The largest absolute Gasteiger partial charge is 0.508 e. The number of sulfonamides is 1. The normalized spacial score (nSPS) is 11.4. The third-order valence-electron chi connectivity index (χ3n) is 3.98. The lowest BCUT2D eigenvalue weighted by atomic mass is 10.2. The Labute approximate surface area is 181 Å². The fourth-order valence-electron chi connectivity index (χ4n) is 2.47. The Morgan fingerprint density at radius 2 is 1.74 bits per heavy atom. The summed E-state index contributed by atoms with van der Waals surface area (Å²) in [4.78, 5) is 10.4. The molecule has 0 spiro atoms. The van der Waals surface area contributed by atoms with Gasteiger partial charge >= 0.3 is 0 Å². The van der Waals surface area contributed by atoms with Crippen LogP contribution in [0.2, 0.25) is 5.02 Å². The number of halogens is 1. The maximum atomic E-state index is 12.6. The number of phenols is 2. The number of nitrogens with zero attached hydrogens (tertiary/aromatic N) is 2. The number of hydrogen-bond acceptors (Lipinski definition) is 8. The van der Waals surface area contributed by atoms with Crippen molar-refractivity contribution >= 4 is 44.9 Å². The lowest BCUT2D eigenvalue weighted by Crippen LogP contribution is -2.13. The second-order valence-corrected chi connectivity index (χ2v) is 8.28. The highest BCUT2D eigenvalue weighted by molar-refractivity contribution is 7.92. The van der Waals surface area contributed by atoms with Crippen LogP contribution in [0.5, 0.6) is 11.5 Å². The molecule has 31 heavy (non-hydrogen) atoms. The van der Waals surface area contributed by atoms with E-state index in [-0.39, 0.29) is 33.3 Å². The molecule has 0 saturated carbocycles. The molecular formula is C19H15ClN4O6S. The third kappa shape index (κ3) is 5.41. The van der Waals surface area contributed by atoms with Crippen molar-refractivity contribution < 1.29 is 23.6 Å². The van der Waals surface area contributed by atoms with Crippen molar-refractivity contribution in [1.82, 2.24) is 0 Å². The van der Waals surface area contributed by atoms with Gasteiger partial charge < -0.3 is 10.2 Å². The fourth-order valence-corrected chi connectivity index (χ4v) is 3.67. The lowest BCUT2D eigenvalue weighted by Gasteiger charge is -2.09. The molecule has 0 atom stereocenters. The molecule has 3 aromatic carbocycles. The van der Waals surface area contributed by atoms with Crippen LogP contribution in [0.1, 0.15) is 5.56 Å². The summed E-state index contributed by atoms with van der Waals surface area (Å²) in [5, 5.41) is 34.7. The van der Waals surface area contributed by atoms with Gasteiger partial charge in [-0.2, -0.15) is 5.10 Å². The van der Waals surface area contributed by atoms with Crippen LogP contribution < -0.4 is 10.1 Å². The van der Waals surface area contributed by atoms with Crippen molar-refractivity contribution in [2.24, 2.45) is 5.10 Å². The van der Waals surface area contributed by atoms with E-state index in [1.54, 1.807) is 0 Å². The predicted molar refractivity (Wildman–Crippen MR) is 116 cm³/mol. The van der Waals surface area contributed by atoms with Gasteiger partial charge in [0.25, 0.3) is 15.7 Å². The molecule has 0 aliphatic rings. The van der Waals surface area contributed by atoms with Gasteiger partial charge in [0.05, 0.1) is 16.0 Å². The topological polar surface area (TPSA) is 154 Å². The van der Waals surface area contributed by atoms with Gasteiger partial charge in [-0.25, -0.2) is 8.42 Å². The Morgan fingerprint density at radius 1 is 1.03 bits per heavy atom. The molecule has 0 aliphatic heterocycles. The van der Waals surface area contributed by atoms with Crippen LogP contribution in [0.3, 0.4) is 0 Å². The molecule has 0 heterocycles. The number of hydrogen-bond donors (Lipinski definition) is 4. The van der Waals surface area contributed by atoms with E-state index in [9.17, 15) is 28.7 Å². The molecule has 0 aromatic heterocycles. The first-order chi connectivity index (χ1) is 14.7. The average molecular weight is 463 g/mol. The van der Waals surface area contributed by atoms with Crippen LogP contribution in [0, 0.1) is 10.1 Å². The van der Waals surface area contributed by atoms with Crippen LogP contribution in [0.15, 0.2) is 70.7 Å². The monoisotopic (exact) mass is 462 g/mol. The standard InChI is InChI=1S/C19H15ClN4O6S/c20-13-2-4-14(5-3-13)23-31(29,30)16-7-8-17(18(10-16)24(27)28)22-21-11-12-1-6-15(25)9-19(12)26/h1-11,22-23,25-26H/b21-11+. The second kappa shape index (κ2) is 8.90. The summed E-state index contributed by atoms with van der Waals surface area (Å²) in [6.07, 6.45) is 1.19. The molecule has 3 aromatic rings. The molecule has 0 radical (unpaired) electrons. The zero-order chi connectivity index (χ0) is 22.6. The number of hydrazone groups is 1. The second-order valence-electron chi connectivity index (χ2n) is 6.16. The van der Waals surface area contributed by atoms with Crippen LogP contribution in [0.25, 0.3) is 0 Å². The molecule has 0 amide bonds. The summed E-state index contributed by atoms with van der Waals surface area (Å²) < 4.78 is 27.5. The predicted octanol–water partition coefficient (Wildman–Crippen LogP) is 3.91. The van der Waals surface area contributed by atoms with Gasteiger partial charge in [-0.05, 0) is 48.5 Å². The zero-order valence-electron chi connectivity index (χ0n) is 15.6. The molecule has 0 unspecified atom stereocenters. The van der Waals surface area contributed by atoms with E-state index in [1.165, 1.54) is 54.7 Å². The first-order valence-corrected chi connectivity index (χ1v) is 10.4. The van der Waals surface area contributed by atoms with E-state index < -0.39 is 20.6 Å². The average Bonchev–Trinajstić information content (AvgIpc) is 2.71. The summed E-state index contributed by atoms with van der Waals surface area (Å²) in [5.74, 6) is -0.378. The van der Waals surface area contributed by atoms with E-state index >= 15 is 0 Å². The number of aromatic hydroxyl groups is 2. The minimum absolute atomic E-state index is 0.0649. The van der Waals surface area contributed by atoms with E-state index in [4.69, 9.17) is 11.6 Å². The van der Waals surface area contributed by atoms with Gasteiger partial charge in [0, 0.05) is 28.4 Å². The van der Waals surface area contributed by atoms with Gasteiger partial charge in [-0.1, -0.05) is 11.6 Å². The number of rotatable bonds is 7. The summed E-state index contributed by atoms with van der Waals surface area (Å²) in [6.45, 7) is 0. The Hall–Kier alpha value is -3.83. The van der Waals surface area contributed by atoms with Gasteiger partial charge in [0.15, 0.2) is 0 Å². The summed E-state index contributed by atoms with van der Waals surface area (Å²) in [7, 11) is -4.09. The van der Waals surface area contributed by atoms with E-state index in [1.807, 2.05) is 0 Å². The highest BCUT2D eigenvalue weighted by Crippen LogP contribution is 2.29. The summed E-state index contributed by atoms with van der Waals surface area (Å²) in [6, 6.07) is 13.0. The first kappa shape index (κ1) is 21.9. The number of anilines is 2. The van der Waals surface area contributed by atoms with Gasteiger partial charge in [0.1, 0.15) is 17.2 Å². The SMILES string of the molecule is O=[N+]([O-])c1cc(S(=O)(=O)Nc2ccc(Cl)cc2)ccc1N/N=C/c1ccc(O)cc1O. The summed E-state index contributed by atoms with van der Waals surface area (Å²) >= 11 is 5.77. The van der Waals surface area contributed by atoms with Crippen LogP contribution in [-0.2, 0) is 10.0 Å². The zero-order valence-corrected chi connectivity index (χ0v) is 17.1. The number of phenolic OH excluding ortho intramolecular Hbond substituents is 2. The number of nitrogens with one attached hydrogen (secondary N) is 2. The molecular weight excluding hydrogens is 448 g/mol. The molecule has 160 valence electrons. The molecule has 0 saturated heterocycles. The van der Waals surface area contributed by atoms with Crippen molar-refractivity contribution in [3.63, 3.8) is 0 Å². The van der Waals surface area contributed by atoms with Gasteiger partial charge in [-0.3, -0.25) is 20.3 Å². The van der Waals surface area contributed by atoms with Crippen molar-refractivity contribution in [3.05, 3.63) is 81.4 Å². The van der Waals surface area contributed by atoms with Crippen LogP contribution in [-0.4, -0.2) is 29.8 Å². The molecule has 0 bridgehead atoms. The third-order valence-corrected chi connectivity index (χ3v) is 5.61. The van der Waals surface area contributed by atoms with Crippen molar-refractivity contribution in [1.29, 1.82) is 0 Å². The smallest absolute Gasteiger partial charge is 0.295 e. The molecule has 4 N–H and O–H groups in total. The van der Waals surface area contributed by atoms with Gasteiger partial charge in [0.2, 0.25) is 0 Å². The maximum Gasteiger partial charge on any atom is 0.295 e. The Balaban J connectivity index is 1.84. The molecule has 0 fully saturated rings. The Bertz CT molecular complexity index is 1260. The number of benzene rings is 3. The van der Waals surface area contributed by atoms with Crippen molar-refractivity contribution in [2.45, 2.75) is 4.90 Å². The van der Waals surface area contributed by atoms with Crippen molar-refractivity contribution in [3.8, 4) is 11.5 Å². The highest BCUT2D eigenvalue weighted by atomic mass is 35.5. The van der Waals surface area contributed by atoms with Crippen LogP contribution in [0.4, 0.5) is 17.1 Å². The quantitative estimate of drug-likeness (QED) is 0.236. The van der Waals surface area contributed by atoms with E-state index in [2.05, 4.69) is 15.2 Å². The lowest BCUT2D eigenvalue weighted by molar-refractivity contribution is -0.384.